The van der Waals surface area contributed by atoms with Crippen molar-refractivity contribution in [2.45, 2.75) is 11.5 Å². The fourth-order valence-corrected chi connectivity index (χ4v) is 22.4. The zero-order valence-corrected chi connectivity index (χ0v) is 30.5. The van der Waals surface area contributed by atoms with Gasteiger partial charge in [-0.05, 0) is 11.1 Å². The summed E-state index contributed by atoms with van der Waals surface area (Å²) in [6, 6.07) is 9.07. The maximum atomic E-state index is 6.25. The second kappa shape index (κ2) is 20.0. The molecule has 0 saturated carbocycles. The van der Waals surface area contributed by atoms with Gasteiger partial charge in [0.1, 0.15) is 0 Å². The van der Waals surface area contributed by atoms with Gasteiger partial charge in [-0.1, -0.05) is 133 Å². The summed E-state index contributed by atoms with van der Waals surface area (Å²) in [6.07, 6.45) is 37.3. The monoisotopic (exact) mass is 756 g/mol. The van der Waals surface area contributed by atoms with Gasteiger partial charge < -0.3 is 0 Å². The maximum absolute atomic E-state index is 6.25. The molecule has 1 aromatic rings. The van der Waals surface area contributed by atoms with E-state index >= 15 is 0 Å². The van der Waals surface area contributed by atoms with Gasteiger partial charge in [-0.15, -0.1) is 45.5 Å². The van der Waals surface area contributed by atoms with Crippen molar-refractivity contribution in [2.24, 2.45) is 0 Å². The van der Waals surface area contributed by atoms with Gasteiger partial charge in [0.15, 0.2) is 0 Å². The molecule has 0 fully saturated rings. The average molecular weight is 757 g/mol. The van der Waals surface area contributed by atoms with E-state index in [9.17, 15) is 0 Å². The standard InChI is InChI=1S/C20H20P2S6.2C5H5.2Fe/c23-21(19-5-1-2-6-19)25-13-14-26-22(24,20-7-3-4-8-20)28-16-18-11-9-17(10-12-18)15-27-21;2*1-2-4-5-3-1;;/h1-12H,13-16H2;2*1-5H;;. The fourth-order valence-electron chi connectivity index (χ4n) is 3.47. The molecule has 4 radical (unpaired) electrons. The molecule has 2 atom stereocenters. The van der Waals surface area contributed by atoms with Crippen LogP contribution < -0.4 is 0 Å². The Bertz CT molecular complexity index is 1170. The normalized spacial score (nSPS) is 26.0. The van der Waals surface area contributed by atoms with Crippen LogP contribution in [0.25, 0.3) is 0 Å². The summed E-state index contributed by atoms with van der Waals surface area (Å²) >= 11 is 20.4. The molecule has 2 bridgehead atoms. The van der Waals surface area contributed by atoms with Crippen molar-refractivity contribution in [1.29, 1.82) is 0 Å². The molecule has 0 saturated heterocycles. The van der Waals surface area contributed by atoms with Crippen LogP contribution in [0.5, 0.6) is 0 Å². The molecule has 2 heterocycles. The molecule has 0 N–H and O–H groups in total. The molecule has 6 aliphatic rings. The van der Waals surface area contributed by atoms with Gasteiger partial charge in [-0.3, -0.25) is 0 Å². The van der Waals surface area contributed by atoms with E-state index in [4.69, 9.17) is 23.6 Å². The summed E-state index contributed by atoms with van der Waals surface area (Å²) in [5.74, 6) is 4.11. The number of hydrogen-bond donors (Lipinski definition) is 0. The minimum absolute atomic E-state index is 0. The Hall–Kier alpha value is 0.879. The van der Waals surface area contributed by atoms with Crippen LogP contribution in [-0.4, -0.2) is 11.5 Å². The molecule has 0 aromatic heterocycles. The Morgan fingerprint density at radius 1 is 0.475 bits per heavy atom. The van der Waals surface area contributed by atoms with Crippen LogP contribution in [0, 0.1) is 25.7 Å². The zero-order chi connectivity index (χ0) is 26.5. The molecule has 4 aliphatic carbocycles. The number of fused-ring (bicyclic) bond motifs is 11. The Morgan fingerprint density at radius 3 is 1.12 bits per heavy atom. The molecule has 2 unspecified atom stereocenters. The Balaban J connectivity index is 0.000000392. The van der Waals surface area contributed by atoms with Crippen molar-refractivity contribution in [1.82, 2.24) is 0 Å². The van der Waals surface area contributed by atoms with E-state index in [0.717, 1.165) is 23.0 Å². The van der Waals surface area contributed by atoms with Gasteiger partial charge in [0.25, 0.3) is 0 Å². The maximum Gasteiger partial charge on any atom is 0.0850 e. The van der Waals surface area contributed by atoms with Gasteiger partial charge >= 0.3 is 0 Å². The molecule has 0 nitrogen and oxygen atoms in total. The molecular weight excluding hydrogens is 726 g/mol. The Kier molecular flexibility index (Phi) is 18.5. The third-order valence-corrected chi connectivity index (χ3v) is 28.0. The molecule has 2 aliphatic heterocycles. The molecular formula is C30H30Fe2P2S6. The molecule has 1 aromatic carbocycles. The fraction of sp³-hybridized carbons (Fsp3) is 0.133. The summed E-state index contributed by atoms with van der Waals surface area (Å²) in [7, 11) is 0. The van der Waals surface area contributed by atoms with E-state index in [1.807, 2.05) is 107 Å². The first kappa shape index (κ1) is 37.1. The van der Waals surface area contributed by atoms with E-state index in [2.05, 4.69) is 73.6 Å². The number of rotatable bonds is 2. The topological polar surface area (TPSA) is 0 Å². The first-order valence-electron chi connectivity index (χ1n) is 12.2. The first-order chi connectivity index (χ1) is 18.6. The van der Waals surface area contributed by atoms with Crippen LogP contribution in [0.2, 0.25) is 0 Å². The second-order valence-electron chi connectivity index (χ2n) is 8.24. The number of hydrogen-bond acceptors (Lipinski definition) is 6. The Labute approximate surface area is 289 Å². The largest absolute Gasteiger partial charge is 0.109 e. The summed E-state index contributed by atoms with van der Waals surface area (Å²) in [6.45, 7) is 0. The summed E-state index contributed by atoms with van der Waals surface area (Å²) in [4.78, 5) is 0. The summed E-state index contributed by atoms with van der Waals surface area (Å²) in [5.41, 5.74) is 2.73. The van der Waals surface area contributed by atoms with Crippen molar-refractivity contribution >= 4 is 78.0 Å². The molecule has 40 heavy (non-hydrogen) atoms. The van der Waals surface area contributed by atoms with Crippen molar-refractivity contribution in [2.75, 3.05) is 11.5 Å². The minimum atomic E-state index is -1.70. The summed E-state index contributed by atoms with van der Waals surface area (Å²) < 4.78 is -3.40. The zero-order valence-electron chi connectivity index (χ0n) is 21.6. The molecule has 212 valence electrons. The van der Waals surface area contributed by atoms with Crippen LogP contribution in [0.4, 0.5) is 0 Å². The number of benzene rings is 1. The number of allylic oxidation sites excluding steroid dienone is 16. The SMILES string of the molecule is S=P1(C2=C[CH]C=C2)SCCSP(=S)(C2=C[CH]C=C2)SCc2ccc(cc2)CS1.[CH]1C=CC=C1.[CH]1C=CC=C1.[Fe].[Fe]. The average Bonchev–Trinajstić information content (AvgIpc) is 3.78. The summed E-state index contributed by atoms with van der Waals surface area (Å²) in [5, 5.41) is 2.69. The van der Waals surface area contributed by atoms with E-state index in [1.165, 1.54) is 21.8 Å². The predicted octanol–water partition coefficient (Wildman–Crippen LogP) is 11.2. The van der Waals surface area contributed by atoms with Crippen LogP contribution in [-0.2, 0) is 69.3 Å². The van der Waals surface area contributed by atoms with Crippen LogP contribution in [0.1, 0.15) is 11.1 Å². The van der Waals surface area contributed by atoms with E-state index in [-0.39, 0.29) is 34.1 Å². The molecule has 0 amide bonds. The van der Waals surface area contributed by atoms with Crippen LogP contribution in [0.3, 0.4) is 0 Å². The van der Waals surface area contributed by atoms with Crippen molar-refractivity contribution in [3.63, 3.8) is 0 Å². The predicted molar refractivity (Wildman–Crippen MR) is 191 cm³/mol. The van der Waals surface area contributed by atoms with Crippen LogP contribution >= 0.6 is 54.4 Å². The first-order valence-corrected chi connectivity index (χ1v) is 24.2. The van der Waals surface area contributed by atoms with Gasteiger partial charge in [-0.25, -0.2) is 0 Å². The molecule has 7 rings (SSSR count). The van der Waals surface area contributed by atoms with Crippen molar-refractivity contribution < 1.29 is 34.1 Å². The molecule has 10 heteroatoms. The van der Waals surface area contributed by atoms with Crippen LogP contribution in [0.15, 0.2) is 120 Å². The Morgan fingerprint density at radius 2 is 0.850 bits per heavy atom. The van der Waals surface area contributed by atoms with Gasteiger partial charge in [0.2, 0.25) is 0 Å². The second-order valence-corrected chi connectivity index (χ2v) is 30.8. The van der Waals surface area contributed by atoms with Gasteiger partial charge in [0.05, 0.1) is 8.88 Å². The van der Waals surface area contributed by atoms with E-state index in [1.54, 1.807) is 0 Å². The minimum Gasteiger partial charge on any atom is -0.109 e. The third-order valence-electron chi connectivity index (χ3n) is 5.46. The molecule has 0 spiro atoms. The van der Waals surface area contributed by atoms with Gasteiger partial charge in [0, 0.05) is 93.5 Å². The van der Waals surface area contributed by atoms with E-state index in [0.29, 0.717) is 0 Å². The quantitative estimate of drug-likeness (QED) is 0.216. The van der Waals surface area contributed by atoms with Crippen molar-refractivity contribution in [3.05, 3.63) is 157 Å². The third kappa shape index (κ3) is 12.1. The van der Waals surface area contributed by atoms with Crippen molar-refractivity contribution in [3.8, 4) is 0 Å². The van der Waals surface area contributed by atoms with E-state index < -0.39 is 8.88 Å². The van der Waals surface area contributed by atoms with Gasteiger partial charge in [-0.2, -0.15) is 0 Å². The smallest absolute Gasteiger partial charge is 0.0850 e.